The minimum Gasteiger partial charge on any atom is -0.396 e. The summed E-state index contributed by atoms with van der Waals surface area (Å²) in [5.74, 6) is 0. The van der Waals surface area contributed by atoms with Crippen LogP contribution in [0.2, 0.25) is 0 Å². The molecule has 1 spiro atoms. The van der Waals surface area contributed by atoms with Gasteiger partial charge in [-0.25, -0.2) is 0 Å². The van der Waals surface area contributed by atoms with Crippen molar-refractivity contribution in [2.24, 2.45) is 10.8 Å². The highest BCUT2D eigenvalue weighted by atomic mass is 16.6. The zero-order valence-corrected chi connectivity index (χ0v) is 11.9. The Hall–Kier alpha value is -0.460. The molecule has 2 heterocycles. The van der Waals surface area contributed by atoms with E-state index in [0.717, 1.165) is 12.8 Å². The van der Waals surface area contributed by atoms with Crippen molar-refractivity contribution in [3.63, 3.8) is 0 Å². The van der Waals surface area contributed by atoms with Crippen molar-refractivity contribution >= 4 is 0 Å². The molecule has 2 bridgehead atoms. The number of aliphatic hydroxyl groups excluding tert-OH is 3. The van der Waals surface area contributed by atoms with Crippen LogP contribution in [0.4, 0.5) is 0 Å². The van der Waals surface area contributed by atoms with Crippen LogP contribution >= 0.6 is 0 Å². The molecule has 1 saturated carbocycles. The molecule has 5 nitrogen and oxygen atoms in total. The van der Waals surface area contributed by atoms with E-state index < -0.39 is 34.7 Å². The first kappa shape index (κ1) is 13.2. The lowest BCUT2D eigenvalue weighted by molar-refractivity contribution is -0.226. The zero-order valence-electron chi connectivity index (χ0n) is 11.9. The number of hydrogen-bond acceptors (Lipinski definition) is 5. The van der Waals surface area contributed by atoms with E-state index in [1.54, 1.807) is 0 Å². The molecule has 0 unspecified atom stereocenters. The molecule has 5 heteroatoms. The molecule has 3 N–H and O–H groups in total. The Balaban J connectivity index is 1.91. The molecule has 0 aromatic rings. The lowest BCUT2D eigenvalue weighted by atomic mass is 9.51. The molecule has 20 heavy (non-hydrogen) atoms. The standard InChI is InChI=1S/C15H22O5/c1-8-3-4-14(6-16)9(5-8)20-12-10(17)11(18)13(14,2)15(12)7-19-15/h5,9-12,16-18H,3-4,6-7H2,1-2H3/t9-,10+,11-,12+,13+,14+,15+/m1/s1. The summed E-state index contributed by atoms with van der Waals surface area (Å²) in [6.07, 6.45) is 1.01. The van der Waals surface area contributed by atoms with Crippen LogP contribution in [0, 0.1) is 10.8 Å². The number of aliphatic hydroxyl groups is 3. The number of allylic oxidation sites excluding steroid dienone is 1. The predicted molar refractivity (Wildman–Crippen MR) is 70.0 cm³/mol. The first-order chi connectivity index (χ1) is 9.43. The second kappa shape index (κ2) is 3.65. The fraction of sp³-hybridized carbons (Fsp3) is 0.867. The molecule has 0 amide bonds. The Kier molecular flexibility index (Phi) is 2.41. The summed E-state index contributed by atoms with van der Waals surface area (Å²) in [4.78, 5) is 0. The fourth-order valence-electron chi connectivity index (χ4n) is 5.06. The van der Waals surface area contributed by atoms with E-state index in [9.17, 15) is 15.3 Å². The molecular weight excluding hydrogens is 260 g/mol. The van der Waals surface area contributed by atoms with Gasteiger partial charge in [-0.2, -0.15) is 0 Å². The van der Waals surface area contributed by atoms with Crippen molar-refractivity contribution in [1.82, 2.24) is 0 Å². The van der Waals surface area contributed by atoms with Crippen molar-refractivity contribution in [3.05, 3.63) is 11.6 Å². The van der Waals surface area contributed by atoms with Crippen molar-refractivity contribution in [1.29, 1.82) is 0 Å². The monoisotopic (exact) mass is 282 g/mol. The molecule has 2 aliphatic heterocycles. The maximum absolute atomic E-state index is 10.7. The summed E-state index contributed by atoms with van der Waals surface area (Å²) in [5.41, 5.74) is -0.668. The first-order valence-electron chi connectivity index (χ1n) is 7.37. The van der Waals surface area contributed by atoms with Crippen molar-refractivity contribution in [2.45, 2.75) is 56.7 Å². The van der Waals surface area contributed by atoms with Crippen LogP contribution in [0.3, 0.4) is 0 Å². The van der Waals surface area contributed by atoms with E-state index in [1.807, 2.05) is 13.0 Å². The number of hydrogen-bond donors (Lipinski definition) is 3. The third kappa shape index (κ3) is 1.12. The predicted octanol–water partition coefficient (Wildman–Crippen LogP) is -0.0167. The summed E-state index contributed by atoms with van der Waals surface area (Å²) < 4.78 is 11.8. The summed E-state index contributed by atoms with van der Waals surface area (Å²) >= 11 is 0. The minimum absolute atomic E-state index is 0.0699. The van der Waals surface area contributed by atoms with Crippen molar-refractivity contribution in [3.8, 4) is 0 Å². The largest absolute Gasteiger partial charge is 0.396 e. The summed E-state index contributed by atoms with van der Waals surface area (Å²) in [6.45, 7) is 4.42. The highest BCUT2D eigenvalue weighted by Crippen LogP contribution is 2.71. The van der Waals surface area contributed by atoms with Crippen LogP contribution in [0.5, 0.6) is 0 Å². The topological polar surface area (TPSA) is 82.5 Å². The van der Waals surface area contributed by atoms with Crippen LogP contribution in [-0.4, -0.2) is 58.6 Å². The molecule has 3 fully saturated rings. The van der Waals surface area contributed by atoms with Crippen LogP contribution < -0.4 is 0 Å². The van der Waals surface area contributed by atoms with Gasteiger partial charge >= 0.3 is 0 Å². The van der Waals surface area contributed by atoms with Gasteiger partial charge in [0, 0.05) is 10.8 Å². The molecule has 7 atom stereocenters. The quantitative estimate of drug-likeness (QED) is 0.465. The van der Waals surface area contributed by atoms with Gasteiger partial charge in [0.1, 0.15) is 17.8 Å². The molecule has 4 aliphatic rings. The molecule has 0 aromatic carbocycles. The average molecular weight is 282 g/mol. The van der Waals surface area contributed by atoms with Gasteiger partial charge in [0.05, 0.1) is 25.4 Å². The van der Waals surface area contributed by atoms with Crippen molar-refractivity contribution < 1.29 is 24.8 Å². The molecule has 112 valence electrons. The van der Waals surface area contributed by atoms with Crippen molar-refractivity contribution in [2.75, 3.05) is 13.2 Å². The smallest absolute Gasteiger partial charge is 0.129 e. The zero-order chi connectivity index (χ0) is 14.3. The summed E-state index contributed by atoms with van der Waals surface area (Å²) in [5, 5.41) is 31.2. The van der Waals surface area contributed by atoms with E-state index in [1.165, 1.54) is 5.57 Å². The maximum atomic E-state index is 10.7. The lowest BCUT2D eigenvalue weighted by Gasteiger charge is -2.57. The Morgan fingerprint density at radius 3 is 2.70 bits per heavy atom. The fourth-order valence-corrected chi connectivity index (χ4v) is 5.06. The highest BCUT2D eigenvalue weighted by molar-refractivity contribution is 5.34. The van der Waals surface area contributed by atoms with E-state index in [0.29, 0.717) is 6.61 Å². The van der Waals surface area contributed by atoms with Gasteiger partial charge in [-0.3, -0.25) is 0 Å². The summed E-state index contributed by atoms with van der Waals surface area (Å²) in [7, 11) is 0. The van der Waals surface area contributed by atoms with Gasteiger partial charge in [-0.05, 0) is 19.8 Å². The SMILES string of the molecule is CC1=C[C@H]2O[C@H]3[C@@H](O)[C@@H](O)[C@@](C)([C@]2(CO)CC1)[C@]31CO1. The van der Waals surface area contributed by atoms with E-state index >= 15 is 0 Å². The van der Waals surface area contributed by atoms with Gasteiger partial charge < -0.3 is 24.8 Å². The Labute approximate surface area is 118 Å². The van der Waals surface area contributed by atoms with Crippen LogP contribution in [0.1, 0.15) is 26.7 Å². The van der Waals surface area contributed by atoms with Crippen LogP contribution in [0.25, 0.3) is 0 Å². The third-order valence-corrected chi connectivity index (χ3v) is 6.57. The number of epoxide rings is 1. The average Bonchev–Trinajstić information content (AvgIpc) is 3.21. The molecule has 0 aromatic heterocycles. The van der Waals surface area contributed by atoms with E-state index in [2.05, 4.69) is 6.92 Å². The second-order valence-electron chi connectivity index (χ2n) is 7.12. The minimum atomic E-state index is -0.953. The Morgan fingerprint density at radius 1 is 1.40 bits per heavy atom. The summed E-state index contributed by atoms with van der Waals surface area (Å²) in [6, 6.07) is 0. The molecule has 4 rings (SSSR count). The molecular formula is C15H22O5. The highest BCUT2D eigenvalue weighted by Gasteiger charge is 2.84. The molecule has 2 saturated heterocycles. The van der Waals surface area contributed by atoms with Gasteiger partial charge in [-0.15, -0.1) is 0 Å². The Bertz CT molecular complexity index is 485. The van der Waals surface area contributed by atoms with Crippen LogP contribution in [0.15, 0.2) is 11.6 Å². The first-order valence-corrected chi connectivity index (χ1v) is 7.37. The van der Waals surface area contributed by atoms with E-state index in [-0.39, 0.29) is 12.7 Å². The van der Waals surface area contributed by atoms with Gasteiger partial charge in [0.15, 0.2) is 0 Å². The lowest BCUT2D eigenvalue weighted by Crippen LogP contribution is -2.66. The van der Waals surface area contributed by atoms with Gasteiger partial charge in [0.25, 0.3) is 0 Å². The number of fused-ring (bicyclic) bond motifs is 2. The second-order valence-corrected chi connectivity index (χ2v) is 7.12. The molecule has 2 aliphatic carbocycles. The third-order valence-electron chi connectivity index (χ3n) is 6.57. The maximum Gasteiger partial charge on any atom is 0.129 e. The number of rotatable bonds is 1. The molecule has 0 radical (unpaired) electrons. The normalized spacial score (nSPS) is 60.4. The van der Waals surface area contributed by atoms with Crippen LogP contribution in [-0.2, 0) is 9.47 Å². The van der Waals surface area contributed by atoms with Gasteiger partial charge in [-0.1, -0.05) is 18.6 Å². The van der Waals surface area contributed by atoms with Gasteiger partial charge in [0.2, 0.25) is 0 Å². The Morgan fingerprint density at radius 2 is 2.10 bits per heavy atom. The van der Waals surface area contributed by atoms with E-state index in [4.69, 9.17) is 9.47 Å². The number of ether oxygens (including phenoxy) is 2.